The Labute approximate surface area is 120 Å². The molecule has 2 amide bonds. The van der Waals surface area contributed by atoms with Gasteiger partial charge in [0, 0.05) is 32.7 Å². The Kier molecular flexibility index (Phi) is 3.52. The molecule has 7 heteroatoms. The van der Waals surface area contributed by atoms with E-state index in [0.717, 1.165) is 25.2 Å². The molecule has 0 radical (unpaired) electrons. The van der Waals surface area contributed by atoms with E-state index in [-0.39, 0.29) is 12.1 Å². The molecule has 1 aromatic rings. The van der Waals surface area contributed by atoms with Gasteiger partial charge in [0.05, 0.1) is 11.6 Å². The van der Waals surface area contributed by atoms with Crippen LogP contribution < -0.4 is 5.32 Å². The van der Waals surface area contributed by atoms with Crippen molar-refractivity contribution in [3.05, 3.63) is 35.4 Å². The molecule has 4 nitrogen and oxygen atoms in total. The molecule has 3 rings (SSSR count). The van der Waals surface area contributed by atoms with Crippen molar-refractivity contribution in [2.24, 2.45) is 0 Å². The predicted octanol–water partition coefficient (Wildman–Crippen LogP) is 1.91. The van der Waals surface area contributed by atoms with Crippen molar-refractivity contribution in [3.8, 4) is 0 Å². The standard InChI is InChI=1S/C14H16F3N3O/c15-14(16,17)11-3-1-10(2-4-11)8-19-9-12-7-18-5-6-20(12)13(19)21/h1-4,12,18H,5-9H2. The molecule has 1 unspecified atom stereocenters. The van der Waals surface area contributed by atoms with Crippen LogP contribution in [0.15, 0.2) is 24.3 Å². The van der Waals surface area contributed by atoms with E-state index in [9.17, 15) is 18.0 Å². The summed E-state index contributed by atoms with van der Waals surface area (Å²) in [5, 5.41) is 3.24. The second-order valence-electron chi connectivity index (χ2n) is 5.41. The van der Waals surface area contributed by atoms with Crippen molar-refractivity contribution in [2.75, 3.05) is 26.2 Å². The van der Waals surface area contributed by atoms with Crippen LogP contribution in [0.3, 0.4) is 0 Å². The Morgan fingerprint density at radius 3 is 2.57 bits per heavy atom. The number of fused-ring (bicyclic) bond motifs is 1. The molecule has 2 saturated heterocycles. The summed E-state index contributed by atoms with van der Waals surface area (Å²) in [7, 11) is 0. The first-order chi connectivity index (χ1) is 9.95. The number of carbonyl (C=O) groups is 1. The van der Waals surface area contributed by atoms with Crippen LogP contribution in [-0.2, 0) is 12.7 Å². The molecule has 21 heavy (non-hydrogen) atoms. The van der Waals surface area contributed by atoms with Crippen molar-refractivity contribution < 1.29 is 18.0 Å². The molecule has 2 aliphatic rings. The van der Waals surface area contributed by atoms with Crippen LogP contribution in [0.25, 0.3) is 0 Å². The monoisotopic (exact) mass is 299 g/mol. The second-order valence-corrected chi connectivity index (χ2v) is 5.41. The van der Waals surface area contributed by atoms with Gasteiger partial charge in [0.2, 0.25) is 0 Å². The molecular weight excluding hydrogens is 283 g/mol. The van der Waals surface area contributed by atoms with Gasteiger partial charge in [0.15, 0.2) is 0 Å². The molecule has 0 aromatic heterocycles. The summed E-state index contributed by atoms with van der Waals surface area (Å²) >= 11 is 0. The lowest BCUT2D eigenvalue weighted by Gasteiger charge is -2.28. The molecule has 0 spiro atoms. The highest BCUT2D eigenvalue weighted by Gasteiger charge is 2.38. The van der Waals surface area contributed by atoms with Gasteiger partial charge in [-0.1, -0.05) is 12.1 Å². The first-order valence-corrected chi connectivity index (χ1v) is 6.87. The minimum absolute atomic E-state index is 0.0265. The highest BCUT2D eigenvalue weighted by molar-refractivity contribution is 5.77. The zero-order valence-corrected chi connectivity index (χ0v) is 11.4. The summed E-state index contributed by atoms with van der Waals surface area (Å²) in [4.78, 5) is 15.7. The van der Waals surface area contributed by atoms with Crippen LogP contribution >= 0.6 is 0 Å². The molecule has 114 valence electrons. The number of carbonyl (C=O) groups excluding carboxylic acids is 1. The molecule has 2 heterocycles. The first-order valence-electron chi connectivity index (χ1n) is 6.87. The van der Waals surface area contributed by atoms with Gasteiger partial charge in [-0.15, -0.1) is 0 Å². The average Bonchev–Trinajstić information content (AvgIpc) is 2.76. The number of halogens is 3. The SMILES string of the molecule is O=C1N(Cc2ccc(C(F)(F)F)cc2)CC2CNCCN12. The van der Waals surface area contributed by atoms with E-state index in [4.69, 9.17) is 0 Å². The van der Waals surface area contributed by atoms with Crippen LogP contribution in [0, 0.1) is 0 Å². The summed E-state index contributed by atoms with van der Waals surface area (Å²) in [5.41, 5.74) is 0.0461. The summed E-state index contributed by atoms with van der Waals surface area (Å²) in [6.07, 6.45) is -4.33. The van der Waals surface area contributed by atoms with E-state index in [1.807, 2.05) is 4.90 Å². The highest BCUT2D eigenvalue weighted by atomic mass is 19.4. The lowest BCUT2D eigenvalue weighted by atomic mass is 10.1. The van der Waals surface area contributed by atoms with Gasteiger partial charge in [-0.2, -0.15) is 13.2 Å². The highest BCUT2D eigenvalue weighted by Crippen LogP contribution is 2.29. The molecule has 0 bridgehead atoms. The van der Waals surface area contributed by atoms with E-state index < -0.39 is 11.7 Å². The largest absolute Gasteiger partial charge is 0.416 e. The molecule has 2 fully saturated rings. The maximum Gasteiger partial charge on any atom is 0.416 e. The number of nitrogens with one attached hydrogen (secondary N) is 1. The lowest BCUT2D eigenvalue weighted by molar-refractivity contribution is -0.137. The average molecular weight is 299 g/mol. The number of rotatable bonds is 2. The summed E-state index contributed by atoms with van der Waals surface area (Å²) in [6, 6.07) is 5.13. The quantitative estimate of drug-likeness (QED) is 0.905. The van der Waals surface area contributed by atoms with Crippen LogP contribution in [-0.4, -0.2) is 48.1 Å². The Balaban J connectivity index is 1.68. The number of benzene rings is 1. The minimum atomic E-state index is -4.33. The Morgan fingerprint density at radius 1 is 1.24 bits per heavy atom. The third-order valence-electron chi connectivity index (χ3n) is 3.95. The van der Waals surface area contributed by atoms with Gasteiger partial charge < -0.3 is 15.1 Å². The molecule has 1 N–H and O–H groups in total. The van der Waals surface area contributed by atoms with Gasteiger partial charge in [0.1, 0.15) is 0 Å². The second kappa shape index (κ2) is 5.22. The normalized spacial score (nSPS) is 22.6. The van der Waals surface area contributed by atoms with Gasteiger partial charge in [-0.05, 0) is 17.7 Å². The van der Waals surface area contributed by atoms with Crippen molar-refractivity contribution in [1.29, 1.82) is 0 Å². The number of alkyl halides is 3. The predicted molar refractivity (Wildman–Crippen MR) is 70.6 cm³/mol. The smallest absolute Gasteiger partial charge is 0.318 e. The van der Waals surface area contributed by atoms with Crippen LogP contribution in [0.2, 0.25) is 0 Å². The molecular formula is C14H16F3N3O. The summed E-state index contributed by atoms with van der Waals surface area (Å²) in [5.74, 6) is 0. The third-order valence-corrected chi connectivity index (χ3v) is 3.95. The summed E-state index contributed by atoms with van der Waals surface area (Å²) in [6.45, 7) is 3.22. The molecule has 2 aliphatic heterocycles. The van der Waals surface area contributed by atoms with E-state index in [2.05, 4.69) is 5.32 Å². The number of nitrogens with zero attached hydrogens (tertiary/aromatic N) is 2. The van der Waals surface area contributed by atoms with E-state index in [1.165, 1.54) is 12.1 Å². The Bertz CT molecular complexity index is 529. The van der Waals surface area contributed by atoms with Gasteiger partial charge in [-0.3, -0.25) is 0 Å². The van der Waals surface area contributed by atoms with Crippen LogP contribution in [0.1, 0.15) is 11.1 Å². The van der Waals surface area contributed by atoms with Crippen molar-refractivity contribution >= 4 is 6.03 Å². The van der Waals surface area contributed by atoms with Gasteiger partial charge in [0.25, 0.3) is 0 Å². The number of amides is 2. The minimum Gasteiger partial charge on any atom is -0.318 e. The maximum atomic E-state index is 12.5. The van der Waals surface area contributed by atoms with E-state index >= 15 is 0 Å². The zero-order valence-electron chi connectivity index (χ0n) is 11.4. The molecule has 1 aromatic carbocycles. The van der Waals surface area contributed by atoms with E-state index in [0.29, 0.717) is 25.2 Å². The van der Waals surface area contributed by atoms with Crippen molar-refractivity contribution in [1.82, 2.24) is 15.1 Å². The van der Waals surface area contributed by atoms with Crippen LogP contribution in [0.5, 0.6) is 0 Å². The number of urea groups is 1. The zero-order chi connectivity index (χ0) is 15.0. The Morgan fingerprint density at radius 2 is 1.95 bits per heavy atom. The molecule has 0 aliphatic carbocycles. The summed E-state index contributed by atoms with van der Waals surface area (Å²) < 4.78 is 37.5. The van der Waals surface area contributed by atoms with E-state index in [1.54, 1.807) is 4.90 Å². The maximum absolute atomic E-state index is 12.5. The Hall–Kier alpha value is -1.76. The van der Waals surface area contributed by atoms with Gasteiger partial charge in [-0.25, -0.2) is 4.79 Å². The fraction of sp³-hybridized carbons (Fsp3) is 0.500. The molecule has 1 atom stereocenters. The fourth-order valence-corrected chi connectivity index (χ4v) is 2.84. The van der Waals surface area contributed by atoms with Gasteiger partial charge >= 0.3 is 12.2 Å². The first kappa shape index (κ1) is 14.2. The number of hydrogen-bond donors (Lipinski definition) is 1. The lowest BCUT2D eigenvalue weighted by Crippen LogP contribution is -2.49. The topological polar surface area (TPSA) is 35.6 Å². The fourth-order valence-electron chi connectivity index (χ4n) is 2.84. The van der Waals surface area contributed by atoms with Crippen molar-refractivity contribution in [3.63, 3.8) is 0 Å². The molecule has 0 saturated carbocycles. The number of hydrogen-bond acceptors (Lipinski definition) is 2. The van der Waals surface area contributed by atoms with Crippen LogP contribution in [0.4, 0.5) is 18.0 Å². The van der Waals surface area contributed by atoms with Crippen molar-refractivity contribution in [2.45, 2.75) is 18.8 Å². The number of piperazine rings is 1. The third kappa shape index (κ3) is 2.83.